The average Bonchev–Trinajstić information content (AvgIpc) is 3.09. The maximum Gasteiger partial charge on any atom is 0.159 e. The van der Waals surface area contributed by atoms with Crippen LogP contribution in [0, 0.1) is 13.8 Å². The van der Waals surface area contributed by atoms with Gasteiger partial charge < -0.3 is 14.2 Å². The first kappa shape index (κ1) is 12.1. The van der Waals surface area contributed by atoms with Crippen molar-refractivity contribution in [1.29, 1.82) is 0 Å². The third-order valence-corrected chi connectivity index (χ3v) is 4.75. The molecule has 1 aromatic heterocycles. The van der Waals surface area contributed by atoms with Gasteiger partial charge in [0.1, 0.15) is 11.7 Å². The molecular weight excluding hydrogens is 284 g/mol. The monoisotopic (exact) mass is 308 g/mol. The van der Waals surface area contributed by atoms with Crippen molar-refractivity contribution >= 4 is 27.6 Å². The van der Waals surface area contributed by atoms with Gasteiger partial charge in [0.15, 0.2) is 5.58 Å². The van der Waals surface area contributed by atoms with Crippen molar-refractivity contribution in [3.8, 4) is 0 Å². The van der Waals surface area contributed by atoms with Crippen molar-refractivity contribution in [1.82, 2.24) is 4.90 Å². The smallest absolute Gasteiger partial charge is 0.159 e. The second-order valence-corrected chi connectivity index (χ2v) is 6.13. The lowest BCUT2D eigenvalue weighted by Gasteiger charge is -2.29. The molecule has 23 heavy (non-hydrogen) atoms. The number of nitrogens with zero attached hydrogens (tertiary/aromatic N) is 2. The molecule has 3 nitrogen and oxygen atoms in total. The number of para-hydroxylation sites is 1. The van der Waals surface area contributed by atoms with Crippen molar-refractivity contribution in [3.63, 3.8) is 0 Å². The van der Waals surface area contributed by atoms with Gasteiger partial charge in [-0.1, -0.05) is 30.3 Å². The summed E-state index contributed by atoms with van der Waals surface area (Å²) in [4.78, 5) is 3.82. The van der Waals surface area contributed by atoms with E-state index >= 15 is 0 Å². The SMILES string of the molecule is [2H]C([2H])(C)N1C=CN(c2c(C)ccc3c2oc2c(C)cccc23)[C@@H]1C. The van der Waals surface area contributed by atoms with Crippen molar-refractivity contribution in [2.75, 3.05) is 11.4 Å². The Morgan fingerprint density at radius 1 is 1.04 bits per heavy atom. The highest BCUT2D eigenvalue weighted by Gasteiger charge is 2.26. The second kappa shape index (κ2) is 5.05. The Kier molecular flexibility index (Phi) is 2.65. The average molecular weight is 308 g/mol. The summed E-state index contributed by atoms with van der Waals surface area (Å²) in [6, 6.07) is 10.4. The summed E-state index contributed by atoms with van der Waals surface area (Å²) in [6.45, 7) is 6.29. The molecule has 0 aliphatic carbocycles. The molecule has 0 radical (unpaired) electrons. The minimum atomic E-state index is -1.42. The molecule has 0 bridgehead atoms. The molecule has 3 aromatic rings. The van der Waals surface area contributed by atoms with Crippen molar-refractivity contribution in [2.45, 2.75) is 33.9 Å². The highest BCUT2D eigenvalue weighted by Crippen LogP contribution is 2.40. The number of hydrogen-bond acceptors (Lipinski definition) is 3. The van der Waals surface area contributed by atoms with Crippen LogP contribution in [0.25, 0.3) is 21.9 Å². The van der Waals surface area contributed by atoms with Gasteiger partial charge in [0.05, 0.1) is 5.69 Å². The summed E-state index contributed by atoms with van der Waals surface area (Å²) in [7, 11) is 0. The lowest BCUT2D eigenvalue weighted by molar-refractivity contribution is 0.334. The van der Waals surface area contributed by atoms with Crippen LogP contribution in [0.2, 0.25) is 0 Å². The fourth-order valence-corrected chi connectivity index (χ4v) is 3.46. The van der Waals surface area contributed by atoms with Crippen LogP contribution < -0.4 is 4.90 Å². The van der Waals surface area contributed by atoms with Gasteiger partial charge in [-0.2, -0.15) is 0 Å². The minimum Gasteiger partial charge on any atom is -0.454 e. The quantitative estimate of drug-likeness (QED) is 0.652. The van der Waals surface area contributed by atoms with Gasteiger partial charge in [-0.05, 0) is 38.8 Å². The van der Waals surface area contributed by atoms with E-state index in [0.717, 1.165) is 38.8 Å². The number of hydrogen-bond donors (Lipinski definition) is 0. The lowest BCUT2D eigenvalue weighted by atomic mass is 10.1. The van der Waals surface area contributed by atoms with Gasteiger partial charge in [0, 0.05) is 32.4 Å². The molecule has 0 saturated heterocycles. The number of furan rings is 1. The van der Waals surface area contributed by atoms with E-state index in [9.17, 15) is 0 Å². The molecule has 2 heterocycles. The Balaban J connectivity index is 1.94. The number of benzene rings is 2. The number of anilines is 1. The van der Waals surface area contributed by atoms with Crippen molar-refractivity contribution < 1.29 is 7.16 Å². The van der Waals surface area contributed by atoms with Crippen LogP contribution in [-0.4, -0.2) is 17.6 Å². The molecule has 0 spiro atoms. The topological polar surface area (TPSA) is 19.6 Å². The first-order chi connectivity index (χ1) is 11.8. The van der Waals surface area contributed by atoms with E-state index in [4.69, 9.17) is 7.16 Å². The van der Waals surface area contributed by atoms with Gasteiger partial charge in [-0.15, -0.1) is 0 Å². The van der Waals surface area contributed by atoms with Gasteiger partial charge in [0.2, 0.25) is 0 Å². The molecule has 2 aromatic carbocycles. The summed E-state index contributed by atoms with van der Waals surface area (Å²) in [6.07, 6.45) is 3.63. The van der Waals surface area contributed by atoms with E-state index in [0.29, 0.717) is 0 Å². The maximum atomic E-state index is 8.04. The zero-order chi connectivity index (χ0) is 17.9. The zero-order valence-corrected chi connectivity index (χ0v) is 13.9. The minimum absolute atomic E-state index is 0.126. The van der Waals surface area contributed by atoms with Crippen LogP contribution in [-0.2, 0) is 0 Å². The largest absolute Gasteiger partial charge is 0.454 e. The first-order valence-corrected chi connectivity index (χ1v) is 7.95. The molecule has 0 amide bonds. The number of aryl methyl sites for hydroxylation is 2. The molecule has 1 aliphatic rings. The lowest BCUT2D eigenvalue weighted by Crippen LogP contribution is -2.36. The summed E-state index contributed by atoms with van der Waals surface area (Å²) < 4.78 is 22.4. The molecule has 0 unspecified atom stereocenters. The third kappa shape index (κ3) is 1.96. The molecule has 1 atom stereocenters. The fraction of sp³-hybridized carbons (Fsp3) is 0.300. The van der Waals surface area contributed by atoms with E-state index in [-0.39, 0.29) is 6.17 Å². The van der Waals surface area contributed by atoms with Crippen molar-refractivity contribution in [3.05, 3.63) is 53.9 Å². The maximum absolute atomic E-state index is 8.04. The molecule has 3 heteroatoms. The Morgan fingerprint density at radius 2 is 1.83 bits per heavy atom. The van der Waals surface area contributed by atoms with E-state index in [1.54, 1.807) is 11.8 Å². The Labute approximate surface area is 139 Å². The highest BCUT2D eigenvalue weighted by molar-refractivity contribution is 6.10. The Morgan fingerprint density at radius 3 is 2.57 bits per heavy atom. The third-order valence-electron chi connectivity index (χ3n) is 4.75. The van der Waals surface area contributed by atoms with Gasteiger partial charge >= 0.3 is 0 Å². The molecule has 0 fully saturated rings. The van der Waals surface area contributed by atoms with Crippen LogP contribution >= 0.6 is 0 Å². The standard InChI is InChI=1S/C20H22N2O/c1-5-21-11-12-22(15(21)4)18-13(2)9-10-17-16-8-6-7-14(3)19(16)23-20(17)18/h6-12,15H,5H2,1-4H3/t15-/m1/s1/i5D2. The molecule has 4 rings (SSSR count). The highest BCUT2D eigenvalue weighted by atomic mass is 16.3. The van der Waals surface area contributed by atoms with E-state index in [1.165, 1.54) is 0 Å². The van der Waals surface area contributed by atoms with Gasteiger partial charge in [-0.25, -0.2) is 0 Å². The summed E-state index contributed by atoms with van der Waals surface area (Å²) in [5, 5.41) is 2.22. The molecular formula is C20H22N2O. The van der Waals surface area contributed by atoms with Crippen LogP contribution in [0.15, 0.2) is 47.1 Å². The molecule has 0 N–H and O–H groups in total. The normalized spacial score (nSPS) is 19.7. The second-order valence-electron chi connectivity index (χ2n) is 6.13. The van der Waals surface area contributed by atoms with E-state index < -0.39 is 6.50 Å². The fourth-order valence-electron chi connectivity index (χ4n) is 3.46. The first-order valence-electron chi connectivity index (χ1n) is 8.95. The van der Waals surface area contributed by atoms with Crippen LogP contribution in [0.3, 0.4) is 0 Å². The predicted octanol–water partition coefficient (Wildman–Crippen LogP) is 5.16. The summed E-state index contributed by atoms with van der Waals surface area (Å²) in [5.41, 5.74) is 5.01. The van der Waals surface area contributed by atoms with Crippen LogP contribution in [0.4, 0.5) is 5.69 Å². The number of fused-ring (bicyclic) bond motifs is 3. The van der Waals surface area contributed by atoms with Gasteiger partial charge in [-0.3, -0.25) is 0 Å². The zero-order valence-electron chi connectivity index (χ0n) is 15.9. The van der Waals surface area contributed by atoms with Crippen molar-refractivity contribution in [2.24, 2.45) is 0 Å². The van der Waals surface area contributed by atoms with Crippen LogP contribution in [0.5, 0.6) is 0 Å². The molecule has 118 valence electrons. The van der Waals surface area contributed by atoms with Crippen LogP contribution in [0.1, 0.15) is 27.7 Å². The van der Waals surface area contributed by atoms with E-state index in [1.807, 2.05) is 19.3 Å². The number of rotatable bonds is 2. The van der Waals surface area contributed by atoms with E-state index in [2.05, 4.69) is 49.1 Å². The Hall–Kier alpha value is -2.42. The summed E-state index contributed by atoms with van der Waals surface area (Å²) in [5.74, 6) is 0. The Bertz CT molecular complexity index is 1000. The predicted molar refractivity (Wildman–Crippen MR) is 96.7 cm³/mol. The van der Waals surface area contributed by atoms with Gasteiger partial charge in [0.25, 0.3) is 0 Å². The summed E-state index contributed by atoms with van der Waals surface area (Å²) >= 11 is 0. The molecule has 0 saturated carbocycles. The molecule has 1 aliphatic heterocycles.